The van der Waals surface area contributed by atoms with Gasteiger partial charge in [0, 0.05) is 6.54 Å². The van der Waals surface area contributed by atoms with Gasteiger partial charge >= 0.3 is 5.97 Å². The summed E-state index contributed by atoms with van der Waals surface area (Å²) < 4.78 is 0. The van der Waals surface area contributed by atoms with Crippen LogP contribution in [0.2, 0.25) is 0 Å². The Morgan fingerprint density at radius 3 is 2.80 bits per heavy atom. The van der Waals surface area contributed by atoms with Crippen LogP contribution in [-0.2, 0) is 4.79 Å². The van der Waals surface area contributed by atoms with Gasteiger partial charge in [-0.05, 0) is 38.1 Å². The topological polar surface area (TPSA) is 40.5 Å². The highest BCUT2D eigenvalue weighted by Crippen LogP contribution is 2.23. The highest BCUT2D eigenvalue weighted by molar-refractivity contribution is 5.73. The van der Waals surface area contributed by atoms with Crippen molar-refractivity contribution in [2.24, 2.45) is 5.92 Å². The monoisotopic (exact) mass is 213 g/mol. The van der Waals surface area contributed by atoms with Crippen molar-refractivity contribution < 1.29 is 9.90 Å². The van der Waals surface area contributed by atoms with Gasteiger partial charge in [0.05, 0.1) is 0 Å². The lowest BCUT2D eigenvalue weighted by atomic mass is 9.92. The van der Waals surface area contributed by atoms with Crippen LogP contribution in [0.25, 0.3) is 0 Å². The molecular weight excluding hydrogens is 190 g/mol. The molecule has 2 unspecified atom stereocenters. The molecule has 0 saturated carbocycles. The second kappa shape index (κ2) is 6.11. The number of piperidine rings is 1. The summed E-state index contributed by atoms with van der Waals surface area (Å²) in [7, 11) is 0. The third-order valence-corrected chi connectivity index (χ3v) is 3.36. The van der Waals surface area contributed by atoms with Crippen LogP contribution in [0.5, 0.6) is 0 Å². The molecule has 1 rings (SSSR count). The molecule has 0 aromatic rings. The normalized spacial score (nSPS) is 25.1. The van der Waals surface area contributed by atoms with Crippen LogP contribution in [-0.4, -0.2) is 35.1 Å². The van der Waals surface area contributed by atoms with E-state index >= 15 is 0 Å². The number of carboxylic acid groups (broad SMARTS) is 1. The summed E-state index contributed by atoms with van der Waals surface area (Å²) in [5.41, 5.74) is 0. The summed E-state index contributed by atoms with van der Waals surface area (Å²) in [6.45, 7) is 6.11. The number of nitrogens with zero attached hydrogens (tertiary/aromatic N) is 1. The molecule has 1 aliphatic heterocycles. The van der Waals surface area contributed by atoms with E-state index in [-0.39, 0.29) is 6.04 Å². The van der Waals surface area contributed by atoms with Crippen LogP contribution in [0.3, 0.4) is 0 Å². The molecule has 0 aliphatic carbocycles. The van der Waals surface area contributed by atoms with E-state index in [0.29, 0.717) is 6.42 Å². The lowest BCUT2D eigenvalue weighted by Crippen LogP contribution is -2.46. The second-order valence-corrected chi connectivity index (χ2v) is 4.55. The fourth-order valence-electron chi connectivity index (χ4n) is 2.61. The quantitative estimate of drug-likeness (QED) is 0.762. The Kier molecular flexibility index (Phi) is 5.09. The molecule has 0 spiro atoms. The summed E-state index contributed by atoms with van der Waals surface area (Å²) in [6.07, 6.45) is 5.61. The maximum Gasteiger partial charge on any atom is 0.320 e. The summed E-state index contributed by atoms with van der Waals surface area (Å²) >= 11 is 0. The van der Waals surface area contributed by atoms with E-state index in [1.165, 1.54) is 19.3 Å². The average molecular weight is 213 g/mol. The van der Waals surface area contributed by atoms with Gasteiger partial charge in [-0.3, -0.25) is 9.69 Å². The van der Waals surface area contributed by atoms with Crippen molar-refractivity contribution in [1.82, 2.24) is 4.90 Å². The van der Waals surface area contributed by atoms with E-state index in [1.54, 1.807) is 0 Å². The number of carbonyl (C=O) groups is 1. The standard InChI is InChI=1S/C12H23NO2/c1-3-6-10-7-5-8-13(9-10)11(4-2)12(14)15/h10-11H,3-9H2,1-2H3,(H,14,15). The van der Waals surface area contributed by atoms with Gasteiger partial charge in [0.25, 0.3) is 0 Å². The van der Waals surface area contributed by atoms with E-state index in [2.05, 4.69) is 11.8 Å². The summed E-state index contributed by atoms with van der Waals surface area (Å²) in [6, 6.07) is -0.260. The van der Waals surface area contributed by atoms with Gasteiger partial charge in [-0.1, -0.05) is 20.3 Å². The Hall–Kier alpha value is -0.570. The van der Waals surface area contributed by atoms with Crippen LogP contribution in [0, 0.1) is 5.92 Å². The second-order valence-electron chi connectivity index (χ2n) is 4.55. The maximum atomic E-state index is 11.1. The lowest BCUT2D eigenvalue weighted by Gasteiger charge is -2.36. The van der Waals surface area contributed by atoms with E-state index in [4.69, 9.17) is 5.11 Å². The molecule has 0 radical (unpaired) electrons. The molecule has 1 aliphatic rings. The molecule has 0 aromatic carbocycles. The number of rotatable bonds is 5. The van der Waals surface area contributed by atoms with Gasteiger partial charge in [-0.15, -0.1) is 0 Å². The van der Waals surface area contributed by atoms with Crippen LogP contribution in [0.4, 0.5) is 0 Å². The molecule has 1 fully saturated rings. The number of aliphatic carboxylic acids is 1. The van der Waals surface area contributed by atoms with Gasteiger partial charge in [0.1, 0.15) is 6.04 Å². The molecule has 1 saturated heterocycles. The van der Waals surface area contributed by atoms with E-state index in [0.717, 1.165) is 25.4 Å². The molecule has 1 N–H and O–H groups in total. The largest absolute Gasteiger partial charge is 0.480 e. The fourth-order valence-corrected chi connectivity index (χ4v) is 2.61. The molecule has 3 nitrogen and oxygen atoms in total. The first-order valence-electron chi connectivity index (χ1n) is 6.15. The smallest absolute Gasteiger partial charge is 0.320 e. The Morgan fingerprint density at radius 2 is 2.27 bits per heavy atom. The highest BCUT2D eigenvalue weighted by Gasteiger charge is 2.28. The van der Waals surface area contributed by atoms with Gasteiger partial charge in [-0.25, -0.2) is 0 Å². The molecular formula is C12H23NO2. The molecule has 1 heterocycles. The first-order valence-corrected chi connectivity index (χ1v) is 6.15. The molecule has 0 bridgehead atoms. The zero-order chi connectivity index (χ0) is 11.3. The van der Waals surface area contributed by atoms with Gasteiger partial charge in [0.15, 0.2) is 0 Å². The lowest BCUT2D eigenvalue weighted by molar-refractivity contribution is -0.144. The molecule has 0 aromatic heterocycles. The van der Waals surface area contributed by atoms with Gasteiger partial charge in [0.2, 0.25) is 0 Å². The Labute approximate surface area is 92.5 Å². The first-order chi connectivity index (χ1) is 7.19. The minimum Gasteiger partial charge on any atom is -0.480 e. The fraction of sp³-hybridized carbons (Fsp3) is 0.917. The predicted octanol–water partition coefficient (Wildman–Crippen LogP) is 2.36. The van der Waals surface area contributed by atoms with Gasteiger partial charge < -0.3 is 5.11 Å². The highest BCUT2D eigenvalue weighted by atomic mass is 16.4. The summed E-state index contributed by atoms with van der Waals surface area (Å²) in [5.74, 6) is 0.0619. The maximum absolute atomic E-state index is 11.1. The molecule has 88 valence electrons. The van der Waals surface area contributed by atoms with Gasteiger partial charge in [-0.2, -0.15) is 0 Å². The molecule has 3 heteroatoms. The van der Waals surface area contributed by atoms with Crippen molar-refractivity contribution in [2.45, 2.75) is 52.0 Å². The zero-order valence-electron chi connectivity index (χ0n) is 9.91. The van der Waals surface area contributed by atoms with Crippen LogP contribution < -0.4 is 0 Å². The van der Waals surface area contributed by atoms with Crippen molar-refractivity contribution in [3.63, 3.8) is 0 Å². The van der Waals surface area contributed by atoms with E-state index < -0.39 is 5.97 Å². The summed E-state index contributed by atoms with van der Waals surface area (Å²) in [5, 5.41) is 9.10. The summed E-state index contributed by atoms with van der Waals surface area (Å²) in [4.78, 5) is 13.2. The first kappa shape index (κ1) is 12.5. The van der Waals surface area contributed by atoms with E-state index in [9.17, 15) is 4.79 Å². The third-order valence-electron chi connectivity index (χ3n) is 3.36. The third kappa shape index (κ3) is 3.49. The van der Waals surface area contributed by atoms with Crippen molar-refractivity contribution in [3.05, 3.63) is 0 Å². The minimum absolute atomic E-state index is 0.260. The van der Waals surface area contributed by atoms with Crippen molar-refractivity contribution >= 4 is 5.97 Å². The molecule has 0 amide bonds. The van der Waals surface area contributed by atoms with Crippen molar-refractivity contribution in [3.8, 4) is 0 Å². The van der Waals surface area contributed by atoms with Crippen LogP contribution >= 0.6 is 0 Å². The zero-order valence-corrected chi connectivity index (χ0v) is 9.91. The van der Waals surface area contributed by atoms with Crippen LogP contribution in [0.1, 0.15) is 46.0 Å². The Bertz CT molecular complexity index is 204. The molecule has 15 heavy (non-hydrogen) atoms. The molecule has 2 atom stereocenters. The Morgan fingerprint density at radius 1 is 1.53 bits per heavy atom. The predicted molar refractivity (Wildman–Crippen MR) is 60.9 cm³/mol. The minimum atomic E-state index is -0.658. The Balaban J connectivity index is 2.50. The average Bonchev–Trinajstić information content (AvgIpc) is 2.19. The van der Waals surface area contributed by atoms with Crippen molar-refractivity contribution in [2.75, 3.05) is 13.1 Å². The van der Waals surface area contributed by atoms with Crippen LogP contribution in [0.15, 0.2) is 0 Å². The number of hydrogen-bond acceptors (Lipinski definition) is 2. The number of hydrogen-bond donors (Lipinski definition) is 1. The number of likely N-dealkylation sites (tertiary alicyclic amines) is 1. The van der Waals surface area contributed by atoms with Crippen molar-refractivity contribution in [1.29, 1.82) is 0 Å². The van der Waals surface area contributed by atoms with E-state index in [1.807, 2.05) is 6.92 Å². The number of carboxylic acids is 1. The SMILES string of the molecule is CCCC1CCCN(C(CC)C(=O)O)C1.